The molecule has 1 amide bonds. The van der Waals surface area contributed by atoms with E-state index in [4.69, 9.17) is 0 Å². The minimum atomic E-state index is -0.462. The van der Waals surface area contributed by atoms with Crippen LogP contribution >= 0.6 is 0 Å². The molecule has 0 bridgehead atoms. The van der Waals surface area contributed by atoms with E-state index in [0.29, 0.717) is 16.9 Å². The van der Waals surface area contributed by atoms with E-state index < -0.39 is 6.04 Å². The van der Waals surface area contributed by atoms with Gasteiger partial charge in [0.25, 0.3) is 5.91 Å². The molecule has 6 heteroatoms. The molecule has 2 N–H and O–H groups in total. The summed E-state index contributed by atoms with van der Waals surface area (Å²) in [5, 5.41) is 16.6. The molecule has 0 aliphatic carbocycles. The Morgan fingerprint density at radius 2 is 2.04 bits per heavy atom. The van der Waals surface area contributed by atoms with E-state index in [0.717, 1.165) is 12.0 Å². The third kappa shape index (κ3) is 3.14. The molecule has 0 radical (unpaired) electrons. The number of nitrogens with one attached hydrogen (secondary N) is 1. The van der Waals surface area contributed by atoms with Gasteiger partial charge in [0.15, 0.2) is 5.65 Å². The first-order chi connectivity index (χ1) is 11.6. The van der Waals surface area contributed by atoms with Gasteiger partial charge >= 0.3 is 0 Å². The standard InChI is InChI=1S/C18H20N4O2/c1-3-13-4-6-14(7-5-13)16(11-23)21-18(24)15-10-22-17(8-9-19-22)20-12(15)2/h4-10,16,23H,3,11H2,1-2H3,(H,21,24). The Morgan fingerprint density at radius 1 is 1.29 bits per heavy atom. The molecule has 0 aliphatic rings. The molecule has 0 saturated carbocycles. The number of aryl methyl sites for hydroxylation is 2. The second kappa shape index (κ2) is 6.80. The predicted octanol–water partition coefficient (Wildman–Crippen LogP) is 2.06. The lowest BCUT2D eigenvalue weighted by Crippen LogP contribution is -2.31. The quantitative estimate of drug-likeness (QED) is 0.753. The summed E-state index contributed by atoms with van der Waals surface area (Å²) in [5.41, 5.74) is 3.84. The zero-order valence-corrected chi connectivity index (χ0v) is 13.7. The summed E-state index contributed by atoms with van der Waals surface area (Å²) in [6, 6.07) is 9.19. The number of hydrogen-bond donors (Lipinski definition) is 2. The third-order valence-corrected chi connectivity index (χ3v) is 4.10. The zero-order valence-electron chi connectivity index (χ0n) is 13.7. The van der Waals surface area contributed by atoms with Crippen molar-refractivity contribution in [3.63, 3.8) is 0 Å². The zero-order chi connectivity index (χ0) is 17.1. The largest absolute Gasteiger partial charge is 0.394 e. The van der Waals surface area contributed by atoms with Gasteiger partial charge in [0.1, 0.15) is 0 Å². The third-order valence-electron chi connectivity index (χ3n) is 4.10. The van der Waals surface area contributed by atoms with Crippen LogP contribution in [0.2, 0.25) is 0 Å². The average Bonchev–Trinajstić information content (AvgIpc) is 3.06. The number of aliphatic hydroxyl groups excluding tert-OH is 1. The van der Waals surface area contributed by atoms with E-state index >= 15 is 0 Å². The fraction of sp³-hybridized carbons (Fsp3) is 0.278. The Morgan fingerprint density at radius 3 is 2.71 bits per heavy atom. The van der Waals surface area contributed by atoms with Crippen molar-refractivity contribution in [2.75, 3.05) is 6.61 Å². The number of hydrogen-bond acceptors (Lipinski definition) is 4. The Balaban J connectivity index is 1.83. The van der Waals surface area contributed by atoms with Gasteiger partial charge in [0.2, 0.25) is 0 Å². The summed E-state index contributed by atoms with van der Waals surface area (Å²) in [6.07, 6.45) is 4.24. The van der Waals surface area contributed by atoms with Crippen molar-refractivity contribution in [2.24, 2.45) is 0 Å². The van der Waals surface area contributed by atoms with Crippen LogP contribution in [0, 0.1) is 6.92 Å². The Kier molecular flexibility index (Phi) is 4.57. The van der Waals surface area contributed by atoms with Gasteiger partial charge in [0, 0.05) is 12.3 Å². The maximum absolute atomic E-state index is 12.6. The molecule has 3 aromatic rings. The highest BCUT2D eigenvalue weighted by Gasteiger charge is 2.18. The van der Waals surface area contributed by atoms with Crippen LogP contribution < -0.4 is 5.32 Å². The summed E-state index contributed by atoms with van der Waals surface area (Å²) < 4.78 is 1.56. The van der Waals surface area contributed by atoms with Gasteiger partial charge in [-0.2, -0.15) is 5.10 Å². The molecule has 1 atom stereocenters. The van der Waals surface area contributed by atoms with Crippen molar-refractivity contribution in [1.82, 2.24) is 19.9 Å². The molecule has 1 unspecified atom stereocenters. The average molecular weight is 324 g/mol. The van der Waals surface area contributed by atoms with Crippen LogP contribution in [0.5, 0.6) is 0 Å². The maximum Gasteiger partial charge on any atom is 0.255 e. The SMILES string of the molecule is CCc1ccc(C(CO)NC(=O)c2cn3nccc3nc2C)cc1. The lowest BCUT2D eigenvalue weighted by molar-refractivity contribution is 0.0914. The minimum Gasteiger partial charge on any atom is -0.394 e. The smallest absolute Gasteiger partial charge is 0.255 e. The van der Waals surface area contributed by atoms with E-state index in [2.05, 4.69) is 22.3 Å². The molecule has 2 heterocycles. The van der Waals surface area contributed by atoms with E-state index in [9.17, 15) is 9.90 Å². The first-order valence-corrected chi connectivity index (χ1v) is 7.94. The van der Waals surface area contributed by atoms with Crippen molar-refractivity contribution in [1.29, 1.82) is 0 Å². The van der Waals surface area contributed by atoms with Crippen LogP contribution in [0.3, 0.4) is 0 Å². The van der Waals surface area contributed by atoms with Gasteiger partial charge in [-0.1, -0.05) is 31.2 Å². The summed E-state index contributed by atoms with van der Waals surface area (Å²) >= 11 is 0. The lowest BCUT2D eigenvalue weighted by Gasteiger charge is -2.18. The van der Waals surface area contributed by atoms with Gasteiger partial charge in [-0.25, -0.2) is 9.50 Å². The highest BCUT2D eigenvalue weighted by atomic mass is 16.3. The van der Waals surface area contributed by atoms with Crippen LogP contribution in [0.1, 0.15) is 40.1 Å². The van der Waals surface area contributed by atoms with Gasteiger partial charge in [-0.15, -0.1) is 0 Å². The number of aromatic nitrogens is 3. The van der Waals surface area contributed by atoms with Gasteiger partial charge in [0.05, 0.1) is 30.1 Å². The first kappa shape index (κ1) is 16.1. The normalized spacial score (nSPS) is 12.3. The number of benzene rings is 1. The Labute approximate surface area is 140 Å². The molecule has 3 rings (SSSR count). The van der Waals surface area contributed by atoms with Gasteiger partial charge in [-0.3, -0.25) is 4.79 Å². The summed E-state index contributed by atoms with van der Waals surface area (Å²) in [7, 11) is 0. The molecule has 2 aromatic heterocycles. The molecule has 124 valence electrons. The lowest BCUT2D eigenvalue weighted by atomic mass is 10.0. The highest BCUT2D eigenvalue weighted by Crippen LogP contribution is 2.16. The van der Waals surface area contributed by atoms with Crippen LogP contribution in [0.4, 0.5) is 0 Å². The first-order valence-electron chi connectivity index (χ1n) is 7.94. The molecule has 0 fully saturated rings. The molecule has 1 aromatic carbocycles. The number of rotatable bonds is 5. The minimum absolute atomic E-state index is 0.173. The van der Waals surface area contributed by atoms with Crippen molar-refractivity contribution in [3.05, 3.63) is 65.1 Å². The number of amides is 1. The van der Waals surface area contributed by atoms with Crippen molar-refractivity contribution in [3.8, 4) is 0 Å². The highest BCUT2D eigenvalue weighted by molar-refractivity contribution is 5.95. The summed E-state index contributed by atoms with van der Waals surface area (Å²) in [5.74, 6) is -0.281. The fourth-order valence-electron chi connectivity index (χ4n) is 2.62. The Hall–Kier alpha value is -2.73. The van der Waals surface area contributed by atoms with Crippen LogP contribution in [-0.2, 0) is 6.42 Å². The summed E-state index contributed by atoms with van der Waals surface area (Å²) in [6.45, 7) is 3.70. The number of nitrogens with zero attached hydrogens (tertiary/aromatic N) is 3. The molecular formula is C18H20N4O2. The van der Waals surface area contributed by atoms with Gasteiger partial charge in [-0.05, 0) is 24.5 Å². The number of carbonyl (C=O) groups excluding carboxylic acids is 1. The maximum atomic E-state index is 12.6. The second-order valence-electron chi connectivity index (χ2n) is 5.68. The summed E-state index contributed by atoms with van der Waals surface area (Å²) in [4.78, 5) is 17.0. The van der Waals surface area contributed by atoms with Crippen LogP contribution in [0.15, 0.2) is 42.7 Å². The van der Waals surface area contributed by atoms with E-state index in [1.807, 2.05) is 24.3 Å². The van der Waals surface area contributed by atoms with Crippen LogP contribution in [0.25, 0.3) is 5.65 Å². The molecule has 24 heavy (non-hydrogen) atoms. The van der Waals surface area contributed by atoms with E-state index in [1.165, 1.54) is 5.56 Å². The molecular weight excluding hydrogens is 304 g/mol. The monoisotopic (exact) mass is 324 g/mol. The number of aliphatic hydroxyl groups is 1. The Bertz CT molecular complexity index is 855. The second-order valence-corrected chi connectivity index (χ2v) is 5.68. The number of carbonyl (C=O) groups is 1. The van der Waals surface area contributed by atoms with Crippen LogP contribution in [-0.4, -0.2) is 32.2 Å². The predicted molar refractivity (Wildman–Crippen MR) is 90.8 cm³/mol. The number of fused-ring (bicyclic) bond motifs is 1. The van der Waals surface area contributed by atoms with Crippen molar-refractivity contribution >= 4 is 11.6 Å². The fourth-order valence-corrected chi connectivity index (χ4v) is 2.62. The molecule has 0 aliphatic heterocycles. The topological polar surface area (TPSA) is 79.5 Å². The molecule has 0 spiro atoms. The molecule has 6 nitrogen and oxygen atoms in total. The van der Waals surface area contributed by atoms with E-state index in [-0.39, 0.29) is 12.5 Å². The molecule has 0 saturated heterocycles. The van der Waals surface area contributed by atoms with Gasteiger partial charge < -0.3 is 10.4 Å². The van der Waals surface area contributed by atoms with Crippen molar-refractivity contribution in [2.45, 2.75) is 26.3 Å². The van der Waals surface area contributed by atoms with E-state index in [1.54, 1.807) is 29.9 Å². The van der Waals surface area contributed by atoms with Crippen molar-refractivity contribution < 1.29 is 9.90 Å².